The van der Waals surface area contributed by atoms with Gasteiger partial charge in [0, 0.05) is 13.2 Å². The maximum Gasteiger partial charge on any atom is 0.338 e. The molecular weight excluding hydrogens is 434 g/mol. The molecule has 1 aliphatic rings. The van der Waals surface area contributed by atoms with Gasteiger partial charge in [0.25, 0.3) is 5.70 Å². The van der Waals surface area contributed by atoms with Crippen molar-refractivity contribution in [3.63, 3.8) is 0 Å². The number of halogens is 1. The Balaban J connectivity index is 2.03. The number of rotatable bonds is 9. The lowest BCUT2D eigenvalue weighted by atomic mass is 9.97. The predicted molar refractivity (Wildman–Crippen MR) is 121 cm³/mol. The molecule has 2 N–H and O–H groups in total. The summed E-state index contributed by atoms with van der Waals surface area (Å²) in [5.41, 5.74) is 1.58. The number of carbonyl (C=O) groups is 1. The molecule has 0 radical (unpaired) electrons. The van der Waals surface area contributed by atoms with Crippen molar-refractivity contribution < 1.29 is 14.5 Å². The van der Waals surface area contributed by atoms with Crippen LogP contribution in [0.3, 0.4) is 0 Å². The van der Waals surface area contributed by atoms with Gasteiger partial charge < -0.3 is 15.0 Å². The topological polar surface area (TPSA) is 110 Å². The van der Waals surface area contributed by atoms with Gasteiger partial charge in [-0.05, 0) is 36.7 Å². The molecule has 2 heterocycles. The maximum atomic E-state index is 13.0. The van der Waals surface area contributed by atoms with Gasteiger partial charge in [0.1, 0.15) is 10.9 Å². The third kappa shape index (κ3) is 5.82. The van der Waals surface area contributed by atoms with Crippen LogP contribution in [0.2, 0.25) is 5.15 Å². The third-order valence-electron chi connectivity index (χ3n) is 5.16. The Morgan fingerprint density at radius 3 is 2.72 bits per heavy atom. The summed E-state index contributed by atoms with van der Waals surface area (Å²) in [5.74, 6) is -0.546. The SMILES string of the molecule is CCNC(Cc1ccc(Cl)nc1)C(OC(=O)c1ccccc1)C1=C([N+](=O)[O-])CNCN1C. The zero-order valence-electron chi connectivity index (χ0n) is 18.0. The Kier molecular flexibility index (Phi) is 8.15. The highest BCUT2D eigenvalue weighted by atomic mass is 35.5. The molecule has 10 heteroatoms. The lowest BCUT2D eigenvalue weighted by molar-refractivity contribution is -0.430. The Bertz CT molecular complexity index is 968. The fraction of sp³-hybridized carbons (Fsp3) is 0.364. The largest absolute Gasteiger partial charge is 0.450 e. The Labute approximate surface area is 191 Å². The van der Waals surface area contributed by atoms with Gasteiger partial charge in [-0.1, -0.05) is 42.8 Å². The van der Waals surface area contributed by atoms with E-state index in [4.69, 9.17) is 16.3 Å². The number of aromatic nitrogens is 1. The summed E-state index contributed by atoms with van der Waals surface area (Å²) >= 11 is 5.91. The first-order chi connectivity index (χ1) is 15.4. The monoisotopic (exact) mass is 459 g/mol. The van der Waals surface area contributed by atoms with Crippen LogP contribution in [0.5, 0.6) is 0 Å². The molecule has 0 bridgehead atoms. The molecule has 3 rings (SSSR count). The fourth-order valence-electron chi connectivity index (χ4n) is 3.69. The normalized spacial score (nSPS) is 15.9. The lowest BCUT2D eigenvalue weighted by Crippen LogP contribution is -2.52. The summed E-state index contributed by atoms with van der Waals surface area (Å²) in [6, 6.07) is 11.7. The molecule has 1 aromatic carbocycles. The minimum Gasteiger partial charge on any atom is -0.450 e. The summed E-state index contributed by atoms with van der Waals surface area (Å²) in [4.78, 5) is 30.2. The number of esters is 1. The van der Waals surface area contributed by atoms with E-state index in [0.29, 0.717) is 36.0 Å². The molecule has 0 saturated carbocycles. The molecule has 2 aromatic rings. The Hall–Kier alpha value is -3.01. The average molecular weight is 460 g/mol. The van der Waals surface area contributed by atoms with E-state index in [-0.39, 0.29) is 12.2 Å². The predicted octanol–water partition coefficient (Wildman–Crippen LogP) is 2.46. The van der Waals surface area contributed by atoms with Gasteiger partial charge in [0.2, 0.25) is 0 Å². The molecule has 2 unspecified atom stereocenters. The zero-order valence-corrected chi connectivity index (χ0v) is 18.7. The number of hydrogen-bond donors (Lipinski definition) is 2. The Morgan fingerprint density at radius 2 is 2.09 bits per heavy atom. The first kappa shape index (κ1) is 23.6. The number of hydrogen-bond acceptors (Lipinski definition) is 8. The lowest BCUT2D eigenvalue weighted by Gasteiger charge is -2.36. The number of likely N-dealkylation sites (N-methyl/N-ethyl adjacent to an activating group) is 2. The van der Waals surface area contributed by atoms with Gasteiger partial charge in [-0.3, -0.25) is 15.4 Å². The van der Waals surface area contributed by atoms with E-state index < -0.39 is 23.0 Å². The van der Waals surface area contributed by atoms with Crippen LogP contribution in [-0.2, 0) is 11.2 Å². The van der Waals surface area contributed by atoms with E-state index in [1.807, 2.05) is 13.0 Å². The van der Waals surface area contributed by atoms with Crippen molar-refractivity contribution in [3.8, 4) is 0 Å². The quantitative estimate of drug-likeness (QED) is 0.255. The Morgan fingerprint density at radius 1 is 1.34 bits per heavy atom. The van der Waals surface area contributed by atoms with Gasteiger partial charge in [0.05, 0.1) is 29.7 Å². The van der Waals surface area contributed by atoms with Crippen molar-refractivity contribution in [1.82, 2.24) is 20.5 Å². The number of carbonyl (C=O) groups excluding carboxylic acids is 1. The number of nitrogens with zero attached hydrogens (tertiary/aromatic N) is 3. The van der Waals surface area contributed by atoms with Gasteiger partial charge in [-0.25, -0.2) is 9.78 Å². The molecule has 0 saturated heterocycles. The molecular formula is C22H26ClN5O4. The third-order valence-corrected chi connectivity index (χ3v) is 5.38. The highest BCUT2D eigenvalue weighted by Gasteiger charge is 2.39. The smallest absolute Gasteiger partial charge is 0.338 e. The molecule has 0 amide bonds. The number of pyridine rings is 1. The molecule has 0 spiro atoms. The first-order valence-electron chi connectivity index (χ1n) is 10.3. The van der Waals surface area contributed by atoms with E-state index >= 15 is 0 Å². The highest BCUT2D eigenvalue weighted by Crippen LogP contribution is 2.25. The van der Waals surface area contributed by atoms with Crippen LogP contribution in [0.15, 0.2) is 60.1 Å². The van der Waals surface area contributed by atoms with Gasteiger partial charge >= 0.3 is 5.97 Å². The van der Waals surface area contributed by atoms with Gasteiger partial charge in [-0.15, -0.1) is 0 Å². The van der Waals surface area contributed by atoms with Crippen LogP contribution < -0.4 is 10.6 Å². The minimum absolute atomic E-state index is 0.0262. The summed E-state index contributed by atoms with van der Waals surface area (Å²) in [5, 5.41) is 18.6. The summed E-state index contributed by atoms with van der Waals surface area (Å²) in [6.07, 6.45) is 1.18. The minimum atomic E-state index is -0.897. The molecule has 0 aliphatic carbocycles. The maximum absolute atomic E-state index is 13.0. The summed E-state index contributed by atoms with van der Waals surface area (Å²) in [6.45, 7) is 2.98. The zero-order chi connectivity index (χ0) is 23.1. The van der Waals surface area contributed by atoms with Crippen molar-refractivity contribution in [2.24, 2.45) is 0 Å². The van der Waals surface area contributed by atoms with Crippen molar-refractivity contribution in [3.05, 3.63) is 86.4 Å². The molecule has 170 valence electrons. The molecule has 32 heavy (non-hydrogen) atoms. The van der Waals surface area contributed by atoms with Crippen molar-refractivity contribution in [2.45, 2.75) is 25.5 Å². The second kappa shape index (κ2) is 11.0. The van der Waals surface area contributed by atoms with E-state index in [0.717, 1.165) is 5.56 Å². The van der Waals surface area contributed by atoms with Gasteiger partial charge in [0.15, 0.2) is 6.10 Å². The van der Waals surface area contributed by atoms with E-state index in [1.54, 1.807) is 54.5 Å². The number of nitro groups is 1. The van der Waals surface area contributed by atoms with E-state index in [2.05, 4.69) is 15.6 Å². The number of benzene rings is 1. The van der Waals surface area contributed by atoms with Crippen LogP contribution >= 0.6 is 11.6 Å². The van der Waals surface area contributed by atoms with Crippen molar-refractivity contribution >= 4 is 17.6 Å². The molecule has 1 aliphatic heterocycles. The van der Waals surface area contributed by atoms with Crippen molar-refractivity contribution in [1.29, 1.82) is 0 Å². The first-order valence-corrected chi connectivity index (χ1v) is 10.7. The number of ether oxygens (including phenoxy) is 1. The van der Waals surface area contributed by atoms with Gasteiger partial charge in [-0.2, -0.15) is 0 Å². The van der Waals surface area contributed by atoms with Crippen molar-refractivity contribution in [2.75, 3.05) is 26.8 Å². The average Bonchev–Trinajstić information content (AvgIpc) is 2.79. The number of nitrogens with one attached hydrogen (secondary N) is 2. The molecule has 9 nitrogen and oxygen atoms in total. The van der Waals surface area contributed by atoms with Crippen LogP contribution in [0, 0.1) is 10.1 Å². The summed E-state index contributed by atoms with van der Waals surface area (Å²) < 4.78 is 5.96. The standard InChI is InChI=1S/C22H26ClN5O4/c1-3-25-17(11-15-9-10-19(23)26-12-15)21(32-22(29)16-7-5-4-6-8-16)20-18(28(30)31)13-24-14-27(20)2/h4-10,12,17,21,24-25H,3,11,13-14H2,1-2H3. The van der Waals surface area contributed by atoms with Crippen LogP contribution in [0.25, 0.3) is 0 Å². The second-order valence-corrected chi connectivity index (χ2v) is 7.81. The van der Waals surface area contributed by atoms with E-state index in [1.165, 1.54) is 0 Å². The van der Waals surface area contributed by atoms with E-state index in [9.17, 15) is 14.9 Å². The fourth-order valence-corrected chi connectivity index (χ4v) is 3.81. The molecule has 1 aromatic heterocycles. The van der Waals surface area contributed by atoms with Crippen LogP contribution in [-0.4, -0.2) is 59.7 Å². The highest BCUT2D eigenvalue weighted by molar-refractivity contribution is 6.29. The molecule has 0 fully saturated rings. The van der Waals surface area contributed by atoms with Crippen LogP contribution in [0.1, 0.15) is 22.8 Å². The molecule has 2 atom stereocenters. The van der Waals surface area contributed by atoms with Crippen LogP contribution in [0.4, 0.5) is 0 Å². The second-order valence-electron chi connectivity index (χ2n) is 7.42. The summed E-state index contributed by atoms with van der Waals surface area (Å²) in [7, 11) is 1.74.